The van der Waals surface area contributed by atoms with Crippen molar-refractivity contribution in [3.8, 4) is 0 Å². The number of esters is 1. The summed E-state index contributed by atoms with van der Waals surface area (Å²) < 4.78 is 5.19. The molecule has 1 saturated carbocycles. The Morgan fingerprint density at radius 1 is 1.27 bits per heavy atom. The van der Waals surface area contributed by atoms with Gasteiger partial charge in [0.05, 0.1) is 19.6 Å². The fourth-order valence-electron chi connectivity index (χ4n) is 3.68. The van der Waals surface area contributed by atoms with Crippen LogP contribution in [0.15, 0.2) is 0 Å². The molecular weight excluding hydrogens is 334 g/mol. The summed E-state index contributed by atoms with van der Waals surface area (Å²) in [5, 5.41) is 2.79. The molecule has 1 N–H and O–H groups in total. The standard InChI is InChI=1S/C19H33N3O4/c1-3-4-12-26-18(24)13-16-19(25)20-10-11-22(16)14-17(23)21(2)15-8-6-5-7-9-15/h15-16H,3-14H2,1-2H3,(H,20,25). The molecule has 1 atom stereocenters. The van der Waals surface area contributed by atoms with E-state index in [2.05, 4.69) is 5.32 Å². The van der Waals surface area contributed by atoms with Crippen LogP contribution in [0.2, 0.25) is 0 Å². The number of hydrogen-bond acceptors (Lipinski definition) is 5. The second kappa shape index (κ2) is 10.5. The Morgan fingerprint density at radius 3 is 2.69 bits per heavy atom. The molecule has 2 rings (SSSR count). The number of unbranched alkanes of at least 4 members (excludes halogenated alkanes) is 1. The Kier molecular flexibility index (Phi) is 8.35. The Balaban J connectivity index is 1.90. The van der Waals surface area contributed by atoms with Crippen molar-refractivity contribution >= 4 is 17.8 Å². The molecule has 2 aliphatic rings. The minimum Gasteiger partial charge on any atom is -0.466 e. The smallest absolute Gasteiger partial charge is 0.307 e. The monoisotopic (exact) mass is 367 g/mol. The van der Waals surface area contributed by atoms with E-state index in [1.54, 1.807) is 0 Å². The van der Waals surface area contributed by atoms with Gasteiger partial charge in [0.25, 0.3) is 0 Å². The van der Waals surface area contributed by atoms with E-state index in [9.17, 15) is 14.4 Å². The van der Waals surface area contributed by atoms with E-state index < -0.39 is 6.04 Å². The van der Waals surface area contributed by atoms with Crippen LogP contribution in [0.1, 0.15) is 58.3 Å². The summed E-state index contributed by atoms with van der Waals surface area (Å²) in [6.45, 7) is 3.66. The van der Waals surface area contributed by atoms with Gasteiger partial charge in [0.2, 0.25) is 11.8 Å². The molecule has 1 aliphatic carbocycles. The maximum Gasteiger partial charge on any atom is 0.307 e. The van der Waals surface area contributed by atoms with E-state index in [1.807, 2.05) is 23.8 Å². The van der Waals surface area contributed by atoms with Crippen LogP contribution in [0.4, 0.5) is 0 Å². The van der Waals surface area contributed by atoms with E-state index in [1.165, 1.54) is 19.3 Å². The first kappa shape index (κ1) is 20.7. The van der Waals surface area contributed by atoms with Crippen LogP contribution in [0.3, 0.4) is 0 Å². The quantitative estimate of drug-likeness (QED) is 0.517. The molecule has 0 aromatic heterocycles. The molecule has 148 valence electrons. The average molecular weight is 367 g/mol. The summed E-state index contributed by atoms with van der Waals surface area (Å²) in [7, 11) is 1.86. The SMILES string of the molecule is CCCCOC(=O)CC1C(=O)NCCN1CC(=O)N(C)C1CCCCC1. The first-order chi connectivity index (χ1) is 12.5. The van der Waals surface area contributed by atoms with Crippen molar-refractivity contribution in [2.75, 3.05) is 33.3 Å². The van der Waals surface area contributed by atoms with E-state index in [0.717, 1.165) is 25.7 Å². The van der Waals surface area contributed by atoms with E-state index in [-0.39, 0.29) is 30.7 Å². The van der Waals surface area contributed by atoms with Crippen molar-refractivity contribution in [2.45, 2.75) is 70.4 Å². The van der Waals surface area contributed by atoms with Gasteiger partial charge in [-0.2, -0.15) is 0 Å². The van der Waals surface area contributed by atoms with Crippen LogP contribution in [0, 0.1) is 0 Å². The molecule has 7 nitrogen and oxygen atoms in total. The van der Waals surface area contributed by atoms with Gasteiger partial charge in [-0.1, -0.05) is 32.6 Å². The minimum absolute atomic E-state index is 0.00400. The maximum atomic E-state index is 12.7. The third-order valence-electron chi connectivity index (χ3n) is 5.42. The molecule has 0 radical (unpaired) electrons. The highest BCUT2D eigenvalue weighted by molar-refractivity contribution is 5.88. The van der Waals surface area contributed by atoms with Crippen LogP contribution in [0.25, 0.3) is 0 Å². The van der Waals surface area contributed by atoms with Crippen molar-refractivity contribution in [3.63, 3.8) is 0 Å². The van der Waals surface area contributed by atoms with Gasteiger partial charge in [0.1, 0.15) is 6.04 Å². The zero-order chi connectivity index (χ0) is 18.9. The number of rotatable bonds is 8. The average Bonchev–Trinajstić information content (AvgIpc) is 2.65. The van der Waals surface area contributed by atoms with E-state index in [4.69, 9.17) is 4.74 Å². The Labute approximate surface area is 156 Å². The van der Waals surface area contributed by atoms with E-state index >= 15 is 0 Å². The summed E-state index contributed by atoms with van der Waals surface area (Å²) in [6.07, 6.45) is 7.44. The number of amides is 2. The number of carbonyl (C=O) groups is 3. The number of likely N-dealkylation sites (N-methyl/N-ethyl adjacent to an activating group) is 1. The fraction of sp³-hybridized carbons (Fsp3) is 0.842. The Morgan fingerprint density at radius 2 is 2.00 bits per heavy atom. The highest BCUT2D eigenvalue weighted by Gasteiger charge is 2.34. The molecule has 2 fully saturated rings. The molecule has 7 heteroatoms. The highest BCUT2D eigenvalue weighted by atomic mass is 16.5. The lowest BCUT2D eigenvalue weighted by Crippen LogP contribution is -2.58. The van der Waals surface area contributed by atoms with Crippen molar-refractivity contribution in [3.05, 3.63) is 0 Å². The van der Waals surface area contributed by atoms with Crippen molar-refractivity contribution in [1.82, 2.24) is 15.1 Å². The molecule has 1 saturated heterocycles. The number of piperazine rings is 1. The van der Waals surface area contributed by atoms with Crippen LogP contribution in [0.5, 0.6) is 0 Å². The Hall–Kier alpha value is -1.63. The largest absolute Gasteiger partial charge is 0.466 e. The van der Waals surface area contributed by atoms with Gasteiger partial charge >= 0.3 is 5.97 Å². The third kappa shape index (κ3) is 5.97. The summed E-state index contributed by atoms with van der Waals surface area (Å²) in [4.78, 5) is 40.6. The first-order valence-corrected chi connectivity index (χ1v) is 9.96. The first-order valence-electron chi connectivity index (χ1n) is 9.96. The third-order valence-corrected chi connectivity index (χ3v) is 5.42. The molecule has 2 amide bonds. The normalized spacial score (nSPS) is 21.9. The molecule has 1 unspecified atom stereocenters. The van der Waals surface area contributed by atoms with Gasteiger partial charge < -0.3 is 15.0 Å². The number of nitrogens with one attached hydrogen (secondary N) is 1. The summed E-state index contributed by atoms with van der Waals surface area (Å²) in [5.41, 5.74) is 0. The lowest BCUT2D eigenvalue weighted by molar-refractivity contribution is -0.150. The minimum atomic E-state index is -0.624. The van der Waals surface area contributed by atoms with Gasteiger partial charge in [-0.05, 0) is 19.3 Å². The summed E-state index contributed by atoms with van der Waals surface area (Å²) >= 11 is 0. The zero-order valence-corrected chi connectivity index (χ0v) is 16.2. The van der Waals surface area contributed by atoms with Gasteiger partial charge in [0, 0.05) is 26.2 Å². The number of carbonyl (C=O) groups excluding carboxylic acids is 3. The Bertz CT molecular complexity index is 491. The van der Waals surface area contributed by atoms with Gasteiger partial charge in [0.15, 0.2) is 0 Å². The molecule has 1 heterocycles. The van der Waals surface area contributed by atoms with Crippen LogP contribution in [-0.2, 0) is 19.1 Å². The van der Waals surface area contributed by atoms with Gasteiger partial charge in [-0.15, -0.1) is 0 Å². The predicted octanol–water partition coefficient (Wildman–Crippen LogP) is 1.31. The number of ether oxygens (including phenoxy) is 1. The highest BCUT2D eigenvalue weighted by Crippen LogP contribution is 2.22. The molecule has 26 heavy (non-hydrogen) atoms. The van der Waals surface area contributed by atoms with Gasteiger partial charge in [-0.3, -0.25) is 19.3 Å². The van der Waals surface area contributed by atoms with Crippen LogP contribution >= 0.6 is 0 Å². The lowest BCUT2D eigenvalue weighted by atomic mass is 9.94. The maximum absolute atomic E-state index is 12.7. The van der Waals surface area contributed by atoms with E-state index in [0.29, 0.717) is 25.7 Å². The van der Waals surface area contributed by atoms with Gasteiger partial charge in [-0.25, -0.2) is 0 Å². The fourth-order valence-corrected chi connectivity index (χ4v) is 3.68. The number of hydrogen-bond donors (Lipinski definition) is 1. The zero-order valence-electron chi connectivity index (χ0n) is 16.2. The summed E-state index contributed by atoms with van der Waals surface area (Å²) in [6, 6.07) is -0.325. The topological polar surface area (TPSA) is 79.0 Å². The van der Waals surface area contributed by atoms with Crippen LogP contribution in [-0.4, -0.2) is 73.0 Å². The molecule has 1 aliphatic heterocycles. The molecule has 0 aromatic rings. The second-order valence-corrected chi connectivity index (χ2v) is 7.35. The summed E-state index contributed by atoms with van der Waals surface area (Å²) in [5.74, 6) is -0.550. The lowest BCUT2D eigenvalue weighted by Gasteiger charge is -2.37. The van der Waals surface area contributed by atoms with Crippen molar-refractivity contribution in [1.29, 1.82) is 0 Å². The second-order valence-electron chi connectivity index (χ2n) is 7.35. The van der Waals surface area contributed by atoms with Crippen molar-refractivity contribution < 1.29 is 19.1 Å². The number of nitrogens with zero attached hydrogens (tertiary/aromatic N) is 2. The predicted molar refractivity (Wildman–Crippen MR) is 98.5 cm³/mol. The molecule has 0 aromatic carbocycles. The van der Waals surface area contributed by atoms with Crippen LogP contribution < -0.4 is 5.32 Å². The van der Waals surface area contributed by atoms with Crippen molar-refractivity contribution in [2.24, 2.45) is 0 Å². The molecule has 0 spiro atoms. The molecule has 0 bridgehead atoms. The molecular formula is C19H33N3O4.